The summed E-state index contributed by atoms with van der Waals surface area (Å²) in [6.07, 6.45) is 1.59. The van der Waals surface area contributed by atoms with Gasteiger partial charge in [0, 0.05) is 6.20 Å². The Morgan fingerprint density at radius 3 is 2.88 bits per heavy atom. The smallest absolute Gasteiger partial charge is 0.412 e. The van der Waals surface area contributed by atoms with E-state index in [4.69, 9.17) is 5.11 Å². The third-order valence-corrected chi connectivity index (χ3v) is 1.75. The molecule has 1 amide bonds. The molecule has 0 aliphatic rings. The second kappa shape index (κ2) is 5.50. The number of aromatic amines is 1. The number of aromatic carboxylic acids is 1. The van der Waals surface area contributed by atoms with Gasteiger partial charge in [0.15, 0.2) is 0 Å². The minimum Gasteiger partial charge on any atom is -0.478 e. The Morgan fingerprint density at radius 2 is 2.29 bits per heavy atom. The number of carbonyl (C=O) groups is 2. The third-order valence-electron chi connectivity index (χ3n) is 1.75. The second-order valence-corrected chi connectivity index (χ2v) is 2.91. The number of carboxylic acid groups (broad SMARTS) is 1. The number of ether oxygens (including phenoxy) is 1. The molecule has 0 bridgehead atoms. The van der Waals surface area contributed by atoms with Crippen LogP contribution in [0.25, 0.3) is 0 Å². The van der Waals surface area contributed by atoms with Crippen molar-refractivity contribution in [1.82, 2.24) is 4.98 Å². The molecule has 0 saturated carbocycles. The Hall–Kier alpha value is -2.57. The molecule has 0 aromatic carbocycles. The number of hydrogen-bond donors (Lipinski definition) is 3. The number of H-pyrrole nitrogens is 1. The molecule has 0 spiro atoms. The minimum atomic E-state index is -1.32. The summed E-state index contributed by atoms with van der Waals surface area (Å²) in [6.45, 7) is 3.29. The van der Waals surface area contributed by atoms with Crippen molar-refractivity contribution in [3.63, 3.8) is 0 Å². The van der Waals surface area contributed by atoms with Gasteiger partial charge < -0.3 is 14.8 Å². The first-order chi connectivity index (χ1) is 8.06. The predicted molar refractivity (Wildman–Crippen MR) is 59.2 cm³/mol. The molecule has 0 aliphatic heterocycles. The summed E-state index contributed by atoms with van der Waals surface area (Å²) < 4.78 is 4.57. The van der Waals surface area contributed by atoms with Gasteiger partial charge in [-0.15, -0.1) is 0 Å². The highest BCUT2D eigenvalue weighted by molar-refractivity contribution is 5.98. The highest BCUT2D eigenvalue weighted by atomic mass is 16.5. The van der Waals surface area contributed by atoms with Gasteiger partial charge in [0.1, 0.15) is 12.3 Å². The molecule has 90 valence electrons. The number of anilines is 1. The first kappa shape index (κ1) is 12.5. The average molecular weight is 238 g/mol. The quantitative estimate of drug-likeness (QED) is 0.672. The topological polar surface area (TPSA) is 108 Å². The number of amides is 1. The number of hydrogen-bond acceptors (Lipinski definition) is 4. The van der Waals surface area contributed by atoms with Crippen molar-refractivity contribution in [2.75, 3.05) is 11.9 Å². The molecule has 7 nitrogen and oxygen atoms in total. The largest absolute Gasteiger partial charge is 0.478 e. The van der Waals surface area contributed by atoms with Crippen molar-refractivity contribution in [2.24, 2.45) is 0 Å². The van der Waals surface area contributed by atoms with E-state index >= 15 is 0 Å². The summed E-state index contributed by atoms with van der Waals surface area (Å²) in [7, 11) is 0. The molecule has 1 aromatic rings. The van der Waals surface area contributed by atoms with E-state index in [1.165, 1.54) is 12.3 Å². The zero-order valence-electron chi connectivity index (χ0n) is 8.73. The standard InChI is InChI=1S/C10H10N2O5/c1-2-5-17-10(16)12-7-6(9(14)15)3-4-11-8(7)13/h2-4H,1,5H2,(H,11,13)(H,12,16)(H,14,15). The van der Waals surface area contributed by atoms with Gasteiger partial charge in [0.05, 0.1) is 5.56 Å². The molecular weight excluding hydrogens is 228 g/mol. The summed E-state index contributed by atoms with van der Waals surface area (Å²) in [4.78, 5) is 35.6. The third kappa shape index (κ3) is 3.20. The molecule has 1 rings (SSSR count). The van der Waals surface area contributed by atoms with E-state index in [9.17, 15) is 14.4 Å². The fourth-order valence-electron chi connectivity index (χ4n) is 1.05. The molecule has 0 unspecified atom stereocenters. The maximum absolute atomic E-state index is 11.3. The van der Waals surface area contributed by atoms with E-state index in [0.717, 1.165) is 6.07 Å². The van der Waals surface area contributed by atoms with Gasteiger partial charge in [-0.2, -0.15) is 0 Å². The van der Waals surface area contributed by atoms with Crippen molar-refractivity contribution in [3.05, 3.63) is 40.8 Å². The fraction of sp³-hybridized carbons (Fsp3) is 0.100. The van der Waals surface area contributed by atoms with Crippen molar-refractivity contribution in [2.45, 2.75) is 0 Å². The zero-order valence-corrected chi connectivity index (χ0v) is 8.73. The summed E-state index contributed by atoms with van der Waals surface area (Å²) in [5, 5.41) is 10.9. The maximum Gasteiger partial charge on any atom is 0.412 e. The number of pyridine rings is 1. The molecule has 1 aromatic heterocycles. The van der Waals surface area contributed by atoms with Gasteiger partial charge in [-0.05, 0) is 6.07 Å². The first-order valence-corrected chi connectivity index (χ1v) is 4.56. The van der Waals surface area contributed by atoms with Crippen LogP contribution in [0.3, 0.4) is 0 Å². The van der Waals surface area contributed by atoms with Crippen LogP contribution >= 0.6 is 0 Å². The van der Waals surface area contributed by atoms with Crippen LogP contribution in [0.2, 0.25) is 0 Å². The number of carbonyl (C=O) groups excluding carboxylic acids is 1. The molecule has 0 atom stereocenters. The lowest BCUT2D eigenvalue weighted by atomic mass is 10.2. The van der Waals surface area contributed by atoms with Gasteiger partial charge in [-0.3, -0.25) is 10.1 Å². The van der Waals surface area contributed by atoms with E-state index in [1.54, 1.807) is 0 Å². The summed E-state index contributed by atoms with van der Waals surface area (Å²) in [5.41, 5.74) is -1.40. The fourth-order valence-corrected chi connectivity index (χ4v) is 1.05. The lowest BCUT2D eigenvalue weighted by molar-refractivity contribution is 0.0698. The van der Waals surface area contributed by atoms with Gasteiger partial charge in [0.25, 0.3) is 5.56 Å². The lowest BCUT2D eigenvalue weighted by Gasteiger charge is -2.06. The highest BCUT2D eigenvalue weighted by Crippen LogP contribution is 2.08. The van der Waals surface area contributed by atoms with Crippen molar-refractivity contribution in [1.29, 1.82) is 0 Å². The van der Waals surface area contributed by atoms with Crippen LogP contribution in [-0.4, -0.2) is 28.8 Å². The SMILES string of the molecule is C=CCOC(=O)Nc1c(C(=O)O)cc[nH]c1=O. The summed E-state index contributed by atoms with van der Waals surface area (Å²) in [5.74, 6) is -1.32. The van der Waals surface area contributed by atoms with Crippen LogP contribution in [-0.2, 0) is 4.74 Å². The van der Waals surface area contributed by atoms with Gasteiger partial charge in [-0.1, -0.05) is 12.7 Å². The Morgan fingerprint density at radius 1 is 1.59 bits per heavy atom. The van der Waals surface area contributed by atoms with E-state index in [0.29, 0.717) is 0 Å². The summed E-state index contributed by atoms with van der Waals surface area (Å²) >= 11 is 0. The first-order valence-electron chi connectivity index (χ1n) is 4.56. The van der Waals surface area contributed by atoms with Gasteiger partial charge in [0.2, 0.25) is 0 Å². The minimum absolute atomic E-state index is 0.0427. The maximum atomic E-state index is 11.3. The van der Waals surface area contributed by atoms with Crippen molar-refractivity contribution >= 4 is 17.7 Å². The van der Waals surface area contributed by atoms with Crippen LogP contribution in [0.15, 0.2) is 29.7 Å². The normalized spacial score (nSPS) is 9.41. The molecule has 17 heavy (non-hydrogen) atoms. The second-order valence-electron chi connectivity index (χ2n) is 2.91. The molecular formula is C10H10N2O5. The molecule has 0 aliphatic carbocycles. The van der Waals surface area contributed by atoms with Crippen LogP contribution in [0.4, 0.5) is 10.5 Å². The zero-order chi connectivity index (χ0) is 12.8. The van der Waals surface area contributed by atoms with Gasteiger partial charge in [-0.25, -0.2) is 9.59 Å². The Kier molecular flexibility index (Phi) is 4.04. The number of rotatable bonds is 4. The van der Waals surface area contributed by atoms with Crippen LogP contribution in [0.5, 0.6) is 0 Å². The van der Waals surface area contributed by atoms with E-state index in [2.05, 4.69) is 21.6 Å². The van der Waals surface area contributed by atoms with E-state index in [1.807, 2.05) is 0 Å². The monoisotopic (exact) mass is 238 g/mol. The number of nitrogens with one attached hydrogen (secondary N) is 2. The molecule has 0 fully saturated rings. The van der Waals surface area contributed by atoms with Crippen LogP contribution in [0, 0.1) is 0 Å². The number of aromatic nitrogens is 1. The van der Waals surface area contributed by atoms with Crippen molar-refractivity contribution in [3.8, 4) is 0 Å². The Bertz CT molecular complexity index is 506. The Labute approximate surface area is 95.7 Å². The average Bonchev–Trinajstić information content (AvgIpc) is 2.28. The van der Waals surface area contributed by atoms with Crippen LogP contribution in [0.1, 0.15) is 10.4 Å². The Balaban J connectivity index is 2.97. The molecule has 1 heterocycles. The van der Waals surface area contributed by atoms with E-state index < -0.39 is 17.6 Å². The number of carboxylic acids is 1. The molecule has 3 N–H and O–H groups in total. The summed E-state index contributed by atoms with van der Waals surface area (Å²) in [6, 6.07) is 1.16. The van der Waals surface area contributed by atoms with Gasteiger partial charge >= 0.3 is 12.1 Å². The molecule has 0 radical (unpaired) electrons. The molecule has 7 heteroatoms. The van der Waals surface area contributed by atoms with E-state index in [-0.39, 0.29) is 17.9 Å². The van der Waals surface area contributed by atoms with Crippen LogP contribution < -0.4 is 10.9 Å². The molecule has 0 saturated heterocycles. The highest BCUT2D eigenvalue weighted by Gasteiger charge is 2.15. The van der Waals surface area contributed by atoms with Crippen molar-refractivity contribution < 1.29 is 19.4 Å². The lowest BCUT2D eigenvalue weighted by Crippen LogP contribution is -2.23. The predicted octanol–water partition coefficient (Wildman–Crippen LogP) is 0.808.